The SMILES string of the molecule is CC(C)(C)OC(=O)CCOCCOCCOCCOCCOCCOCCOCCOCCOCCOCCOCCOCCON. The van der Waals surface area contributed by atoms with E-state index >= 15 is 0 Å². The lowest BCUT2D eigenvalue weighted by Gasteiger charge is -2.19. The average molecular weight is 690 g/mol. The van der Waals surface area contributed by atoms with Crippen molar-refractivity contribution in [2.24, 2.45) is 5.90 Å². The van der Waals surface area contributed by atoms with Gasteiger partial charge < -0.3 is 66.4 Å². The van der Waals surface area contributed by atoms with Crippen LogP contribution < -0.4 is 5.90 Å². The molecule has 16 heteroatoms. The Labute approximate surface area is 281 Å². The second-order valence-corrected chi connectivity index (χ2v) is 10.6. The third-order valence-electron chi connectivity index (χ3n) is 5.31. The van der Waals surface area contributed by atoms with Crippen LogP contribution in [0.5, 0.6) is 0 Å². The summed E-state index contributed by atoms with van der Waals surface area (Å²) in [4.78, 5) is 15.9. The number of ether oxygens (including phenoxy) is 13. The highest BCUT2D eigenvalue weighted by Crippen LogP contribution is 2.08. The van der Waals surface area contributed by atoms with Crippen LogP contribution in [0.3, 0.4) is 0 Å². The molecule has 0 unspecified atom stereocenters. The summed E-state index contributed by atoms with van der Waals surface area (Å²) in [6.07, 6.45) is 0.230. The normalized spacial score (nSPS) is 11.8. The molecular weight excluding hydrogens is 626 g/mol. The van der Waals surface area contributed by atoms with Gasteiger partial charge in [-0.2, -0.15) is 0 Å². The lowest BCUT2D eigenvalue weighted by molar-refractivity contribution is -0.156. The van der Waals surface area contributed by atoms with E-state index in [2.05, 4.69) is 4.84 Å². The number of carbonyl (C=O) groups excluding carboxylic acids is 1. The predicted octanol–water partition coefficient (Wildman–Crippen LogP) is 0.808. The maximum atomic E-state index is 11.6. The highest BCUT2D eigenvalue weighted by molar-refractivity contribution is 5.69. The summed E-state index contributed by atoms with van der Waals surface area (Å²) in [5, 5.41) is 0. The molecule has 0 bridgehead atoms. The van der Waals surface area contributed by atoms with Crippen LogP contribution in [-0.4, -0.2) is 177 Å². The van der Waals surface area contributed by atoms with Gasteiger partial charge in [0.1, 0.15) is 5.60 Å². The summed E-state index contributed by atoms with van der Waals surface area (Å²) in [6, 6.07) is 0. The zero-order chi connectivity index (χ0) is 34.4. The number of esters is 1. The summed E-state index contributed by atoms with van der Waals surface area (Å²) in [5.41, 5.74) is -0.475. The minimum atomic E-state index is -0.475. The molecule has 0 atom stereocenters. The molecular formula is C31H63NO15. The Bertz CT molecular complexity index is 628. The van der Waals surface area contributed by atoms with Crippen molar-refractivity contribution in [3.63, 3.8) is 0 Å². The maximum absolute atomic E-state index is 11.6. The van der Waals surface area contributed by atoms with Gasteiger partial charge in [0, 0.05) is 0 Å². The molecule has 2 N–H and O–H groups in total. The van der Waals surface area contributed by atoms with Gasteiger partial charge in [0.15, 0.2) is 0 Å². The van der Waals surface area contributed by atoms with Crippen LogP contribution in [0, 0.1) is 0 Å². The number of hydrogen-bond acceptors (Lipinski definition) is 16. The van der Waals surface area contributed by atoms with E-state index in [0.717, 1.165) is 0 Å². The molecule has 0 radical (unpaired) electrons. The molecule has 16 nitrogen and oxygen atoms in total. The van der Waals surface area contributed by atoms with Crippen molar-refractivity contribution in [2.75, 3.05) is 165 Å². The number of hydrogen-bond donors (Lipinski definition) is 1. The summed E-state index contributed by atoms with van der Waals surface area (Å²) >= 11 is 0. The first-order valence-corrected chi connectivity index (χ1v) is 16.4. The Morgan fingerprint density at radius 1 is 0.362 bits per heavy atom. The van der Waals surface area contributed by atoms with Crippen molar-refractivity contribution < 1.29 is 71.2 Å². The first kappa shape index (κ1) is 45.9. The lowest BCUT2D eigenvalue weighted by atomic mass is 10.2. The summed E-state index contributed by atoms with van der Waals surface area (Å²) in [5.74, 6) is 4.62. The molecule has 0 aromatic rings. The Morgan fingerprint density at radius 3 is 0.745 bits per heavy atom. The molecule has 0 rings (SSSR count). The van der Waals surface area contributed by atoms with Gasteiger partial charge in [-0.05, 0) is 20.8 Å². The van der Waals surface area contributed by atoms with Gasteiger partial charge in [0.25, 0.3) is 0 Å². The first-order valence-electron chi connectivity index (χ1n) is 16.4. The van der Waals surface area contributed by atoms with Crippen molar-refractivity contribution in [2.45, 2.75) is 32.8 Å². The summed E-state index contributed by atoms with van der Waals surface area (Å²) < 4.78 is 70.2. The van der Waals surface area contributed by atoms with E-state index in [1.165, 1.54) is 0 Å². The van der Waals surface area contributed by atoms with Crippen molar-refractivity contribution in [1.82, 2.24) is 0 Å². The van der Waals surface area contributed by atoms with E-state index in [9.17, 15) is 4.79 Å². The molecule has 0 aromatic carbocycles. The third kappa shape index (κ3) is 42.9. The van der Waals surface area contributed by atoms with Crippen molar-refractivity contribution in [3.05, 3.63) is 0 Å². The van der Waals surface area contributed by atoms with Gasteiger partial charge in [-0.1, -0.05) is 0 Å². The van der Waals surface area contributed by atoms with Crippen molar-refractivity contribution in [1.29, 1.82) is 0 Å². The minimum Gasteiger partial charge on any atom is -0.460 e. The number of nitrogens with two attached hydrogens (primary N) is 1. The van der Waals surface area contributed by atoms with Crippen LogP contribution in [0.1, 0.15) is 27.2 Å². The second-order valence-electron chi connectivity index (χ2n) is 10.6. The molecule has 0 heterocycles. The molecule has 0 saturated heterocycles. The molecule has 0 aliphatic heterocycles. The summed E-state index contributed by atoms with van der Waals surface area (Å²) in [6.45, 7) is 17.4. The average Bonchev–Trinajstić information content (AvgIpc) is 3.03. The van der Waals surface area contributed by atoms with Gasteiger partial charge >= 0.3 is 5.97 Å². The quantitative estimate of drug-likeness (QED) is 0.0545. The zero-order valence-electron chi connectivity index (χ0n) is 29.1. The number of rotatable bonds is 39. The lowest BCUT2D eigenvalue weighted by Crippen LogP contribution is -2.24. The van der Waals surface area contributed by atoms with E-state index in [-0.39, 0.29) is 12.4 Å². The van der Waals surface area contributed by atoms with Crippen LogP contribution in [0.15, 0.2) is 0 Å². The molecule has 282 valence electrons. The molecule has 47 heavy (non-hydrogen) atoms. The molecule has 0 aromatic heterocycles. The largest absolute Gasteiger partial charge is 0.460 e. The van der Waals surface area contributed by atoms with Crippen molar-refractivity contribution in [3.8, 4) is 0 Å². The van der Waals surface area contributed by atoms with Gasteiger partial charge in [0.2, 0.25) is 0 Å². The predicted molar refractivity (Wildman–Crippen MR) is 170 cm³/mol. The first-order chi connectivity index (χ1) is 23.0. The van der Waals surface area contributed by atoms with Crippen LogP contribution in [-0.2, 0) is 71.2 Å². The smallest absolute Gasteiger partial charge is 0.308 e. The minimum absolute atomic E-state index is 0.230. The van der Waals surface area contributed by atoms with E-state index in [1.807, 2.05) is 20.8 Å². The molecule has 0 spiro atoms. The Balaban J connectivity index is 3.09. The molecule has 0 aliphatic rings. The van der Waals surface area contributed by atoms with Crippen LogP contribution in [0.2, 0.25) is 0 Å². The van der Waals surface area contributed by atoms with Gasteiger partial charge in [0.05, 0.1) is 172 Å². The highest BCUT2D eigenvalue weighted by atomic mass is 16.6. The van der Waals surface area contributed by atoms with E-state index in [4.69, 9.17) is 67.5 Å². The van der Waals surface area contributed by atoms with Crippen LogP contribution >= 0.6 is 0 Å². The Morgan fingerprint density at radius 2 is 0.553 bits per heavy atom. The fraction of sp³-hybridized carbons (Fsp3) is 0.968. The standard InChI is InChI=1S/C31H63NO15/c1-31(2,3)47-30(33)4-5-34-6-7-35-8-9-36-10-11-37-12-13-38-14-15-39-16-17-40-18-19-41-20-21-42-22-23-43-24-25-44-26-27-45-28-29-46-32/h4-29,32H2,1-3H3. The Kier molecular flexibility index (Phi) is 36.8. The molecule has 0 fully saturated rings. The monoisotopic (exact) mass is 689 g/mol. The highest BCUT2D eigenvalue weighted by Gasteiger charge is 2.15. The molecule has 0 aliphatic carbocycles. The van der Waals surface area contributed by atoms with Crippen LogP contribution in [0.4, 0.5) is 0 Å². The maximum Gasteiger partial charge on any atom is 0.308 e. The zero-order valence-corrected chi connectivity index (χ0v) is 29.1. The van der Waals surface area contributed by atoms with E-state index in [0.29, 0.717) is 165 Å². The van der Waals surface area contributed by atoms with E-state index < -0.39 is 5.60 Å². The summed E-state index contributed by atoms with van der Waals surface area (Å²) in [7, 11) is 0. The van der Waals surface area contributed by atoms with Crippen molar-refractivity contribution >= 4 is 5.97 Å². The van der Waals surface area contributed by atoms with Crippen LogP contribution in [0.25, 0.3) is 0 Å². The fourth-order valence-corrected chi connectivity index (χ4v) is 3.18. The van der Waals surface area contributed by atoms with E-state index in [1.54, 1.807) is 0 Å². The topological polar surface area (TPSA) is 172 Å². The third-order valence-corrected chi connectivity index (χ3v) is 5.31. The molecule has 0 saturated carbocycles. The number of carbonyl (C=O) groups is 1. The van der Waals surface area contributed by atoms with Gasteiger partial charge in [-0.25, -0.2) is 5.90 Å². The Hall–Kier alpha value is -1.09. The fourth-order valence-electron chi connectivity index (χ4n) is 3.18. The van der Waals surface area contributed by atoms with Gasteiger partial charge in [-0.3, -0.25) is 4.79 Å². The second kappa shape index (κ2) is 37.7. The molecule has 0 amide bonds. The van der Waals surface area contributed by atoms with Gasteiger partial charge in [-0.15, -0.1) is 0 Å².